The Labute approximate surface area is 144 Å². The van der Waals surface area contributed by atoms with Gasteiger partial charge >= 0.3 is 0 Å². The number of amides is 2. The molecule has 0 spiro atoms. The fourth-order valence-corrected chi connectivity index (χ4v) is 4.21. The minimum Gasteiger partial charge on any atom is -0.493 e. The van der Waals surface area contributed by atoms with E-state index in [1.54, 1.807) is 18.2 Å². The second-order valence-corrected chi connectivity index (χ2v) is 6.78. The molecule has 5 nitrogen and oxygen atoms in total. The van der Waals surface area contributed by atoms with Gasteiger partial charge in [-0.3, -0.25) is 9.59 Å². The molecule has 0 unspecified atom stereocenters. The summed E-state index contributed by atoms with van der Waals surface area (Å²) in [6.07, 6.45) is 6.51. The highest BCUT2D eigenvalue weighted by Gasteiger charge is 2.59. The summed E-state index contributed by atoms with van der Waals surface area (Å²) in [5.41, 5.74) is 0.642. The van der Waals surface area contributed by atoms with Crippen molar-refractivity contribution in [1.82, 2.24) is 5.01 Å². The molecule has 2 amide bonds. The minimum atomic E-state index is -0.240. The van der Waals surface area contributed by atoms with Crippen molar-refractivity contribution >= 4 is 29.6 Å². The SMILES string of the molecule is CCOc1ccc(Cl)cc1/C=N\N1C(=O)[C@@H]2[C@H](C1=O)[C@@H]1C=C[C@H]2C1. The Morgan fingerprint density at radius 1 is 1.25 bits per heavy atom. The fourth-order valence-electron chi connectivity index (χ4n) is 4.03. The van der Waals surface area contributed by atoms with E-state index in [2.05, 4.69) is 17.3 Å². The molecule has 0 aromatic heterocycles. The minimum absolute atomic E-state index is 0.182. The Morgan fingerprint density at radius 3 is 2.54 bits per heavy atom. The van der Waals surface area contributed by atoms with Crippen molar-refractivity contribution in [2.24, 2.45) is 28.8 Å². The van der Waals surface area contributed by atoms with Crippen LogP contribution < -0.4 is 4.74 Å². The number of hydrogen-bond donors (Lipinski definition) is 0. The van der Waals surface area contributed by atoms with E-state index >= 15 is 0 Å². The number of carbonyl (C=O) groups excluding carboxylic acids is 2. The first-order valence-electron chi connectivity index (χ1n) is 8.12. The van der Waals surface area contributed by atoms with Gasteiger partial charge in [-0.1, -0.05) is 23.8 Å². The summed E-state index contributed by atoms with van der Waals surface area (Å²) < 4.78 is 5.53. The highest BCUT2D eigenvalue weighted by atomic mass is 35.5. The summed E-state index contributed by atoms with van der Waals surface area (Å²) in [7, 11) is 0. The monoisotopic (exact) mass is 344 g/mol. The van der Waals surface area contributed by atoms with E-state index in [0.717, 1.165) is 11.4 Å². The third-order valence-corrected chi connectivity index (χ3v) is 5.27. The molecule has 1 saturated carbocycles. The molecule has 1 aromatic carbocycles. The summed E-state index contributed by atoms with van der Waals surface area (Å²) >= 11 is 6.02. The lowest BCUT2D eigenvalue weighted by atomic mass is 9.85. The molecule has 1 aliphatic heterocycles. The van der Waals surface area contributed by atoms with Gasteiger partial charge in [0.25, 0.3) is 11.8 Å². The van der Waals surface area contributed by atoms with E-state index in [-0.39, 0.29) is 35.5 Å². The van der Waals surface area contributed by atoms with Gasteiger partial charge in [-0.05, 0) is 43.4 Å². The molecule has 4 rings (SSSR count). The summed E-state index contributed by atoms with van der Waals surface area (Å²) in [5, 5.41) is 5.73. The zero-order chi connectivity index (χ0) is 16.8. The summed E-state index contributed by atoms with van der Waals surface area (Å²) in [6.45, 7) is 2.39. The molecule has 1 aromatic rings. The molecule has 6 heteroatoms. The second kappa shape index (κ2) is 5.74. The first kappa shape index (κ1) is 15.4. The zero-order valence-corrected chi connectivity index (χ0v) is 13.9. The molecular formula is C18H17ClN2O3. The average Bonchev–Trinajstić information content (AvgIpc) is 3.23. The van der Waals surface area contributed by atoms with Crippen LogP contribution in [0.1, 0.15) is 18.9 Å². The van der Waals surface area contributed by atoms with Crippen LogP contribution in [0.3, 0.4) is 0 Å². The lowest BCUT2D eigenvalue weighted by molar-refractivity contribution is -0.140. The van der Waals surface area contributed by atoms with Crippen LogP contribution >= 0.6 is 11.6 Å². The van der Waals surface area contributed by atoms with Gasteiger partial charge in [0.15, 0.2) is 0 Å². The van der Waals surface area contributed by atoms with Gasteiger partial charge in [0, 0.05) is 10.6 Å². The first-order valence-corrected chi connectivity index (χ1v) is 8.50. The van der Waals surface area contributed by atoms with Crippen LogP contribution in [0.5, 0.6) is 5.75 Å². The van der Waals surface area contributed by atoms with Gasteiger partial charge in [0.2, 0.25) is 0 Å². The normalized spacial score (nSPS) is 30.7. The van der Waals surface area contributed by atoms with Gasteiger partial charge in [-0.2, -0.15) is 10.1 Å². The molecule has 4 atom stereocenters. The van der Waals surface area contributed by atoms with Gasteiger partial charge in [0.05, 0.1) is 24.7 Å². The maximum atomic E-state index is 12.6. The van der Waals surface area contributed by atoms with Crippen LogP contribution in [0.15, 0.2) is 35.5 Å². The van der Waals surface area contributed by atoms with Crippen LogP contribution in [0.4, 0.5) is 0 Å². The molecule has 2 bridgehead atoms. The number of fused-ring (bicyclic) bond motifs is 5. The van der Waals surface area contributed by atoms with E-state index in [1.807, 2.05) is 6.92 Å². The summed E-state index contributed by atoms with van der Waals surface area (Å²) in [5.74, 6) is 0.109. The number of carbonyl (C=O) groups is 2. The zero-order valence-electron chi connectivity index (χ0n) is 13.2. The van der Waals surface area contributed by atoms with E-state index in [9.17, 15) is 9.59 Å². The van der Waals surface area contributed by atoms with Crippen LogP contribution in [0, 0.1) is 23.7 Å². The first-order chi connectivity index (χ1) is 11.6. The molecule has 1 saturated heterocycles. The van der Waals surface area contributed by atoms with Crippen LogP contribution in [0.25, 0.3) is 0 Å². The number of rotatable bonds is 4. The molecule has 2 aliphatic carbocycles. The standard InChI is InChI=1S/C18H17ClN2O3/c1-2-24-14-6-5-13(19)8-12(14)9-20-21-17(22)15-10-3-4-11(7-10)16(15)18(21)23/h3-6,8-11,15-16H,2,7H2,1H3/b20-9-/t10-,11+,15-,16+. The Kier molecular flexibility index (Phi) is 3.68. The van der Waals surface area contributed by atoms with E-state index in [1.165, 1.54) is 6.21 Å². The number of benzene rings is 1. The fraction of sp³-hybridized carbons (Fsp3) is 0.389. The third kappa shape index (κ3) is 2.26. The average molecular weight is 345 g/mol. The Hall–Kier alpha value is -2.14. The highest BCUT2D eigenvalue weighted by Crippen LogP contribution is 2.52. The maximum Gasteiger partial charge on any atom is 0.254 e. The Balaban J connectivity index is 1.60. The number of imide groups is 1. The molecule has 124 valence electrons. The van der Waals surface area contributed by atoms with Crippen molar-refractivity contribution in [3.63, 3.8) is 0 Å². The van der Waals surface area contributed by atoms with Crippen LogP contribution in [0.2, 0.25) is 5.02 Å². The van der Waals surface area contributed by atoms with E-state index < -0.39 is 0 Å². The smallest absolute Gasteiger partial charge is 0.254 e. The number of ether oxygens (including phenoxy) is 1. The number of hydrazone groups is 1. The number of halogens is 1. The second-order valence-electron chi connectivity index (χ2n) is 6.35. The van der Waals surface area contributed by atoms with Gasteiger partial charge in [-0.25, -0.2) is 0 Å². The largest absolute Gasteiger partial charge is 0.493 e. The maximum absolute atomic E-state index is 12.6. The van der Waals surface area contributed by atoms with Crippen molar-refractivity contribution < 1.29 is 14.3 Å². The van der Waals surface area contributed by atoms with Crippen molar-refractivity contribution in [2.45, 2.75) is 13.3 Å². The highest BCUT2D eigenvalue weighted by molar-refractivity contribution is 6.30. The molecule has 24 heavy (non-hydrogen) atoms. The molecular weight excluding hydrogens is 328 g/mol. The van der Waals surface area contributed by atoms with Gasteiger partial charge < -0.3 is 4.74 Å². The molecule has 3 aliphatic rings. The van der Waals surface area contributed by atoms with Gasteiger partial charge in [0.1, 0.15) is 5.75 Å². The third-order valence-electron chi connectivity index (χ3n) is 5.03. The molecule has 1 heterocycles. The van der Waals surface area contributed by atoms with Crippen LogP contribution in [-0.2, 0) is 9.59 Å². The van der Waals surface area contributed by atoms with E-state index in [4.69, 9.17) is 16.3 Å². The Bertz CT molecular complexity index is 744. The number of allylic oxidation sites excluding steroid dienone is 2. The van der Waals surface area contributed by atoms with Crippen molar-refractivity contribution in [2.75, 3.05) is 6.61 Å². The Morgan fingerprint density at radius 2 is 1.92 bits per heavy atom. The number of nitrogens with zero attached hydrogens (tertiary/aromatic N) is 2. The molecule has 0 N–H and O–H groups in total. The molecule has 2 fully saturated rings. The lowest BCUT2D eigenvalue weighted by Gasteiger charge is -2.13. The summed E-state index contributed by atoms with van der Waals surface area (Å²) in [6, 6.07) is 5.18. The van der Waals surface area contributed by atoms with Crippen molar-refractivity contribution in [3.05, 3.63) is 40.9 Å². The topological polar surface area (TPSA) is 59.0 Å². The van der Waals surface area contributed by atoms with E-state index in [0.29, 0.717) is 22.9 Å². The van der Waals surface area contributed by atoms with Gasteiger partial charge in [-0.15, -0.1) is 0 Å². The lowest BCUT2D eigenvalue weighted by Crippen LogP contribution is -2.28. The summed E-state index contributed by atoms with van der Waals surface area (Å²) in [4.78, 5) is 25.2. The predicted molar refractivity (Wildman–Crippen MR) is 89.8 cm³/mol. The number of hydrogen-bond acceptors (Lipinski definition) is 4. The van der Waals surface area contributed by atoms with Crippen LogP contribution in [-0.4, -0.2) is 29.6 Å². The molecule has 0 radical (unpaired) electrons. The van der Waals surface area contributed by atoms with Crippen molar-refractivity contribution in [1.29, 1.82) is 0 Å². The van der Waals surface area contributed by atoms with Crippen molar-refractivity contribution in [3.8, 4) is 5.75 Å². The quantitative estimate of drug-likeness (QED) is 0.479. The predicted octanol–water partition coefficient (Wildman–Crippen LogP) is 2.88.